The SMILES string of the molecule is COC(=O)C(C)C.COc1cccc(C)c1[N+]1=C(C)C(C)=[N+](c2c(C)cccc2OC)C1C. The molecule has 1 aliphatic heterocycles. The molecule has 0 aromatic heterocycles. The second kappa shape index (κ2) is 11.1. The van der Waals surface area contributed by atoms with Crippen molar-refractivity contribution in [2.45, 2.75) is 54.6 Å². The molecule has 1 heterocycles. The number of methoxy groups -OCH3 is 3. The Balaban J connectivity index is 0.000000479. The lowest BCUT2D eigenvalue weighted by atomic mass is 10.1. The van der Waals surface area contributed by atoms with Gasteiger partial charge in [-0.15, -0.1) is 9.15 Å². The predicted molar refractivity (Wildman–Crippen MR) is 133 cm³/mol. The first-order valence-electron chi connectivity index (χ1n) is 11.2. The molecule has 0 unspecified atom stereocenters. The normalized spacial score (nSPS) is 13.8. The van der Waals surface area contributed by atoms with Crippen LogP contribution in [-0.2, 0) is 9.53 Å². The molecule has 0 amide bonds. The van der Waals surface area contributed by atoms with E-state index in [4.69, 9.17) is 9.47 Å². The van der Waals surface area contributed by atoms with Crippen molar-refractivity contribution in [1.82, 2.24) is 0 Å². The fourth-order valence-electron chi connectivity index (χ4n) is 4.18. The molecule has 3 rings (SSSR count). The molecule has 0 aliphatic carbocycles. The lowest BCUT2D eigenvalue weighted by molar-refractivity contribution is -0.688. The summed E-state index contributed by atoms with van der Waals surface area (Å²) in [5, 5.41) is 0. The number of rotatable bonds is 5. The van der Waals surface area contributed by atoms with E-state index in [1.54, 1.807) is 28.1 Å². The summed E-state index contributed by atoms with van der Waals surface area (Å²) in [6, 6.07) is 12.4. The van der Waals surface area contributed by atoms with E-state index < -0.39 is 0 Å². The van der Waals surface area contributed by atoms with Gasteiger partial charge in [-0.3, -0.25) is 4.79 Å². The van der Waals surface area contributed by atoms with E-state index in [1.807, 2.05) is 24.3 Å². The number of carbonyl (C=O) groups is 1. The summed E-state index contributed by atoms with van der Waals surface area (Å²) in [5.41, 5.74) is 7.07. The van der Waals surface area contributed by atoms with Gasteiger partial charge in [0.25, 0.3) is 22.8 Å². The molecule has 2 aromatic carbocycles. The van der Waals surface area contributed by atoms with E-state index in [9.17, 15) is 4.79 Å². The maximum Gasteiger partial charge on any atom is 0.351 e. The smallest absolute Gasteiger partial charge is 0.351 e. The maximum atomic E-state index is 10.3. The maximum absolute atomic E-state index is 10.3. The van der Waals surface area contributed by atoms with Gasteiger partial charge in [0.1, 0.15) is 0 Å². The van der Waals surface area contributed by atoms with Crippen molar-refractivity contribution in [3.63, 3.8) is 0 Å². The number of esters is 1. The Morgan fingerprint density at radius 1 is 0.788 bits per heavy atom. The first-order valence-corrected chi connectivity index (χ1v) is 11.2. The number of benzene rings is 2. The van der Waals surface area contributed by atoms with Crippen LogP contribution < -0.4 is 9.47 Å². The van der Waals surface area contributed by atoms with Crippen molar-refractivity contribution >= 4 is 28.8 Å². The van der Waals surface area contributed by atoms with Crippen LogP contribution in [0, 0.1) is 19.8 Å². The zero-order valence-electron chi connectivity index (χ0n) is 21.6. The molecule has 0 radical (unpaired) electrons. The summed E-state index contributed by atoms with van der Waals surface area (Å²) in [7, 11) is 4.85. The Hall–Kier alpha value is -3.15. The van der Waals surface area contributed by atoms with Crippen LogP contribution in [0.4, 0.5) is 11.4 Å². The largest absolute Gasteiger partial charge is 0.490 e. The molecule has 0 bridgehead atoms. The van der Waals surface area contributed by atoms with Gasteiger partial charge in [-0.2, -0.15) is 0 Å². The van der Waals surface area contributed by atoms with Gasteiger partial charge in [-0.05, 0) is 26.0 Å². The molecular weight excluding hydrogens is 416 g/mol. The number of nitrogens with zero attached hydrogens (tertiary/aromatic N) is 2. The molecule has 0 saturated carbocycles. The number of ether oxygens (including phenoxy) is 3. The molecule has 33 heavy (non-hydrogen) atoms. The van der Waals surface area contributed by atoms with Crippen LogP contribution in [0.3, 0.4) is 0 Å². The third kappa shape index (κ3) is 5.27. The summed E-state index contributed by atoms with van der Waals surface area (Å²) in [6.07, 6.45) is 0.111. The monoisotopic (exact) mass is 454 g/mol. The van der Waals surface area contributed by atoms with Crippen LogP contribution in [0.15, 0.2) is 36.4 Å². The van der Waals surface area contributed by atoms with Crippen molar-refractivity contribution < 1.29 is 28.2 Å². The van der Waals surface area contributed by atoms with Crippen LogP contribution in [0.1, 0.15) is 45.7 Å². The highest BCUT2D eigenvalue weighted by Crippen LogP contribution is 2.38. The summed E-state index contributed by atoms with van der Waals surface area (Å²) < 4.78 is 20.4. The van der Waals surface area contributed by atoms with Gasteiger partial charge in [-0.25, -0.2) is 0 Å². The molecule has 0 atom stereocenters. The van der Waals surface area contributed by atoms with Crippen molar-refractivity contribution in [3.05, 3.63) is 47.5 Å². The van der Waals surface area contributed by atoms with E-state index in [0.717, 1.165) is 22.9 Å². The standard InChI is InChI=1S/C22H28N2O2.C5H10O2/c1-14-10-8-12-19(25-6)21(14)23-16(3)17(4)24(18(23)5)22-15(2)11-9-13-20(22)26-7;1-4(2)5(6)7-3/h8-13,18H,1-7H3;4H,1-3H3/q+2;. The first-order chi connectivity index (χ1) is 15.6. The van der Waals surface area contributed by atoms with E-state index in [0.29, 0.717) is 0 Å². The fourth-order valence-corrected chi connectivity index (χ4v) is 4.18. The minimum absolute atomic E-state index is 0.00463. The number of hydrogen-bond acceptors (Lipinski definition) is 4. The Morgan fingerprint density at radius 2 is 1.18 bits per heavy atom. The molecule has 0 saturated heterocycles. The zero-order valence-corrected chi connectivity index (χ0v) is 21.6. The quantitative estimate of drug-likeness (QED) is 0.448. The van der Waals surface area contributed by atoms with Crippen molar-refractivity contribution in [1.29, 1.82) is 0 Å². The summed E-state index contributed by atoms with van der Waals surface area (Å²) in [6.45, 7) is 14.4. The predicted octanol–water partition coefficient (Wildman–Crippen LogP) is 5.41. The lowest BCUT2D eigenvalue weighted by Gasteiger charge is -2.13. The Morgan fingerprint density at radius 3 is 1.45 bits per heavy atom. The van der Waals surface area contributed by atoms with Crippen molar-refractivity contribution in [2.24, 2.45) is 5.92 Å². The van der Waals surface area contributed by atoms with Crippen LogP contribution in [0.2, 0.25) is 0 Å². The van der Waals surface area contributed by atoms with Gasteiger partial charge in [0.05, 0.1) is 34.2 Å². The van der Waals surface area contributed by atoms with Crippen molar-refractivity contribution in [3.8, 4) is 11.5 Å². The highest BCUT2D eigenvalue weighted by Gasteiger charge is 2.46. The van der Waals surface area contributed by atoms with Gasteiger partial charge in [0.15, 0.2) is 11.5 Å². The zero-order chi connectivity index (χ0) is 24.9. The third-order valence-electron chi connectivity index (χ3n) is 5.99. The molecular formula is C27H38N2O4+2. The number of hydrogen-bond donors (Lipinski definition) is 0. The molecule has 178 valence electrons. The average Bonchev–Trinajstić information content (AvgIpc) is 3.01. The minimum Gasteiger partial charge on any atom is -0.490 e. The highest BCUT2D eigenvalue weighted by atomic mass is 16.5. The summed E-state index contributed by atoms with van der Waals surface area (Å²) in [5.74, 6) is 1.63. The first kappa shape index (κ1) is 26.1. The summed E-state index contributed by atoms with van der Waals surface area (Å²) in [4.78, 5) is 10.3. The van der Waals surface area contributed by atoms with Gasteiger partial charge in [0, 0.05) is 25.0 Å². The van der Waals surface area contributed by atoms with Crippen LogP contribution in [-0.4, -0.2) is 54.0 Å². The van der Waals surface area contributed by atoms with E-state index >= 15 is 0 Å². The molecule has 6 heteroatoms. The number of carbonyl (C=O) groups excluding carboxylic acids is 1. The Bertz CT molecular complexity index is 1010. The average molecular weight is 455 g/mol. The third-order valence-corrected chi connectivity index (χ3v) is 5.99. The van der Waals surface area contributed by atoms with E-state index in [1.165, 1.54) is 29.7 Å². The highest BCUT2D eigenvalue weighted by molar-refractivity contribution is 6.37. The van der Waals surface area contributed by atoms with Gasteiger partial charge < -0.3 is 14.2 Å². The number of aryl methyl sites for hydroxylation is 2. The minimum atomic E-state index is -0.153. The summed E-state index contributed by atoms with van der Waals surface area (Å²) >= 11 is 0. The molecule has 0 fully saturated rings. The fraction of sp³-hybridized carbons (Fsp3) is 0.444. The van der Waals surface area contributed by atoms with Crippen LogP contribution >= 0.6 is 0 Å². The molecule has 0 N–H and O–H groups in total. The molecule has 6 nitrogen and oxygen atoms in total. The molecule has 1 aliphatic rings. The lowest BCUT2D eigenvalue weighted by Crippen LogP contribution is -2.27. The van der Waals surface area contributed by atoms with Crippen LogP contribution in [0.25, 0.3) is 0 Å². The topological polar surface area (TPSA) is 50.8 Å². The van der Waals surface area contributed by atoms with E-state index in [-0.39, 0.29) is 18.1 Å². The van der Waals surface area contributed by atoms with Gasteiger partial charge in [-0.1, -0.05) is 38.1 Å². The van der Waals surface area contributed by atoms with Crippen molar-refractivity contribution in [2.75, 3.05) is 21.3 Å². The number of para-hydroxylation sites is 2. The Kier molecular flexibility index (Phi) is 8.80. The van der Waals surface area contributed by atoms with E-state index in [2.05, 4.69) is 60.6 Å². The second-order valence-electron chi connectivity index (χ2n) is 8.47. The Labute approximate surface area is 198 Å². The molecule has 0 spiro atoms. The van der Waals surface area contributed by atoms with Crippen LogP contribution in [0.5, 0.6) is 11.5 Å². The second-order valence-corrected chi connectivity index (χ2v) is 8.47. The molecule has 2 aromatic rings. The van der Waals surface area contributed by atoms with Gasteiger partial charge in [0.2, 0.25) is 0 Å². The van der Waals surface area contributed by atoms with Gasteiger partial charge >= 0.3 is 12.1 Å².